The summed E-state index contributed by atoms with van der Waals surface area (Å²) in [4.78, 5) is 0. The molecule has 0 radical (unpaired) electrons. The molecule has 0 unspecified atom stereocenters. The molecule has 0 aliphatic heterocycles. The molecule has 0 saturated carbocycles. The van der Waals surface area contributed by atoms with Gasteiger partial charge in [-0.3, -0.25) is 0 Å². The molecule has 0 aliphatic rings. The maximum absolute atomic E-state index is 9.05. The van der Waals surface area contributed by atoms with E-state index in [9.17, 15) is 0 Å². The molecule has 0 fully saturated rings. The second-order valence-electron chi connectivity index (χ2n) is 4.13. The number of hydrogen-bond acceptors (Lipinski definition) is 3. The Kier molecular flexibility index (Phi) is 5.19. The van der Waals surface area contributed by atoms with Crippen LogP contribution in [0.25, 0.3) is 0 Å². The predicted octanol–water partition coefficient (Wildman–Crippen LogP) is 5.11. The van der Waals surface area contributed by atoms with Crippen LogP contribution in [0.2, 0.25) is 15.1 Å². The van der Waals surface area contributed by atoms with Crippen LogP contribution in [-0.4, -0.2) is 7.11 Å². The highest BCUT2D eigenvalue weighted by molar-refractivity contribution is 6.43. The maximum atomic E-state index is 9.05. The van der Waals surface area contributed by atoms with E-state index in [-0.39, 0.29) is 6.61 Å². The predicted molar refractivity (Wildman–Crippen MR) is 83.5 cm³/mol. The Balaban J connectivity index is 2.17. The first-order valence-electron chi connectivity index (χ1n) is 5.89. The molecular formula is C15H10Cl3NO2. The summed E-state index contributed by atoms with van der Waals surface area (Å²) in [5, 5.41) is 10.2. The van der Waals surface area contributed by atoms with Crippen molar-refractivity contribution in [2.45, 2.75) is 6.61 Å². The molecule has 2 rings (SSSR count). The van der Waals surface area contributed by atoms with Gasteiger partial charge in [-0.2, -0.15) is 5.26 Å². The summed E-state index contributed by atoms with van der Waals surface area (Å²) in [6.45, 7) is 0.246. The molecule has 3 nitrogen and oxygen atoms in total. The van der Waals surface area contributed by atoms with Crippen molar-refractivity contribution in [3.05, 3.63) is 56.5 Å². The van der Waals surface area contributed by atoms with Crippen LogP contribution < -0.4 is 9.47 Å². The van der Waals surface area contributed by atoms with Crippen LogP contribution >= 0.6 is 34.8 Å². The van der Waals surface area contributed by atoms with E-state index in [0.717, 1.165) is 5.56 Å². The van der Waals surface area contributed by atoms with Gasteiger partial charge in [-0.1, -0.05) is 40.9 Å². The molecule has 108 valence electrons. The molecule has 0 aliphatic carbocycles. The van der Waals surface area contributed by atoms with E-state index in [1.54, 1.807) is 18.2 Å². The molecule has 0 saturated heterocycles. The van der Waals surface area contributed by atoms with Crippen molar-refractivity contribution < 1.29 is 9.47 Å². The third-order valence-electron chi connectivity index (χ3n) is 2.75. The Labute approximate surface area is 137 Å². The van der Waals surface area contributed by atoms with Crippen molar-refractivity contribution in [2.24, 2.45) is 0 Å². The van der Waals surface area contributed by atoms with E-state index in [4.69, 9.17) is 49.5 Å². The van der Waals surface area contributed by atoms with Crippen molar-refractivity contribution >= 4 is 34.8 Å². The van der Waals surface area contributed by atoms with Gasteiger partial charge in [-0.25, -0.2) is 0 Å². The van der Waals surface area contributed by atoms with Gasteiger partial charge in [0.25, 0.3) is 0 Å². The van der Waals surface area contributed by atoms with Crippen molar-refractivity contribution in [2.75, 3.05) is 7.11 Å². The summed E-state index contributed by atoms with van der Waals surface area (Å²) in [5.74, 6) is 0.953. The summed E-state index contributed by atoms with van der Waals surface area (Å²) in [7, 11) is 1.52. The van der Waals surface area contributed by atoms with Gasteiger partial charge >= 0.3 is 0 Å². The quantitative estimate of drug-likeness (QED) is 0.725. The fourth-order valence-electron chi connectivity index (χ4n) is 1.71. The zero-order valence-corrected chi connectivity index (χ0v) is 13.3. The summed E-state index contributed by atoms with van der Waals surface area (Å²) in [6.07, 6.45) is 0. The molecule has 2 aromatic rings. The second kappa shape index (κ2) is 6.91. The fraction of sp³-hybridized carbons (Fsp3) is 0.133. The number of methoxy groups -OCH3 is 1. The Morgan fingerprint density at radius 1 is 1.00 bits per heavy atom. The van der Waals surface area contributed by atoms with Gasteiger partial charge in [0.1, 0.15) is 24.2 Å². The van der Waals surface area contributed by atoms with Crippen LogP contribution in [-0.2, 0) is 6.61 Å². The third kappa shape index (κ3) is 3.74. The summed E-state index contributed by atoms with van der Waals surface area (Å²) in [5.41, 5.74) is 1.26. The SMILES string of the molecule is COc1ccc(COc2cc(Cl)c(Cl)cc2Cl)cc1C#N. The average molecular weight is 343 g/mol. The topological polar surface area (TPSA) is 42.2 Å². The standard InChI is InChI=1S/C15H10Cl3NO2/c1-20-14-3-2-9(4-10(14)7-19)8-21-15-6-12(17)11(16)5-13(15)18/h2-6H,8H2,1H3. The number of nitrogens with zero attached hydrogens (tertiary/aromatic N) is 1. The maximum Gasteiger partial charge on any atom is 0.139 e. The van der Waals surface area contributed by atoms with Crippen LogP contribution in [0, 0.1) is 11.3 Å². The molecule has 0 aromatic heterocycles. The normalized spacial score (nSPS) is 10.0. The molecule has 0 N–H and O–H groups in total. The summed E-state index contributed by atoms with van der Waals surface area (Å²) >= 11 is 17.8. The minimum atomic E-state index is 0.246. The minimum absolute atomic E-state index is 0.246. The van der Waals surface area contributed by atoms with E-state index in [1.165, 1.54) is 13.2 Å². The van der Waals surface area contributed by atoms with Crippen LogP contribution in [0.5, 0.6) is 11.5 Å². The van der Waals surface area contributed by atoms with Gasteiger partial charge in [0.05, 0.1) is 27.7 Å². The zero-order chi connectivity index (χ0) is 15.4. The lowest BCUT2D eigenvalue weighted by Crippen LogP contribution is -1.98. The van der Waals surface area contributed by atoms with Crippen LogP contribution in [0.15, 0.2) is 30.3 Å². The van der Waals surface area contributed by atoms with Crippen LogP contribution in [0.3, 0.4) is 0 Å². The Morgan fingerprint density at radius 3 is 2.38 bits per heavy atom. The first-order chi connectivity index (χ1) is 10.0. The number of benzene rings is 2. The molecule has 0 amide bonds. The molecular weight excluding hydrogens is 333 g/mol. The number of halogens is 3. The second-order valence-corrected chi connectivity index (χ2v) is 5.35. The molecule has 0 heterocycles. The Morgan fingerprint density at radius 2 is 1.71 bits per heavy atom. The highest BCUT2D eigenvalue weighted by Crippen LogP contribution is 2.34. The van der Waals surface area contributed by atoms with E-state index in [1.807, 2.05) is 6.07 Å². The van der Waals surface area contributed by atoms with Gasteiger partial charge in [0, 0.05) is 6.07 Å². The van der Waals surface area contributed by atoms with Gasteiger partial charge in [-0.15, -0.1) is 0 Å². The monoisotopic (exact) mass is 341 g/mol. The Hall–Kier alpha value is -1.60. The molecule has 2 aromatic carbocycles. The van der Waals surface area contributed by atoms with Gasteiger partial charge in [0.15, 0.2) is 0 Å². The van der Waals surface area contributed by atoms with Crippen LogP contribution in [0.1, 0.15) is 11.1 Å². The van der Waals surface area contributed by atoms with Crippen molar-refractivity contribution in [1.82, 2.24) is 0 Å². The summed E-state index contributed by atoms with van der Waals surface area (Å²) in [6, 6.07) is 10.4. The third-order valence-corrected chi connectivity index (χ3v) is 3.77. The Bertz CT molecular complexity index is 711. The lowest BCUT2D eigenvalue weighted by atomic mass is 10.1. The minimum Gasteiger partial charge on any atom is -0.495 e. The molecule has 0 atom stereocenters. The largest absolute Gasteiger partial charge is 0.495 e. The first-order valence-corrected chi connectivity index (χ1v) is 7.03. The molecule has 0 bridgehead atoms. The van der Waals surface area contributed by atoms with Crippen molar-refractivity contribution in [3.8, 4) is 17.6 Å². The van der Waals surface area contributed by atoms with Gasteiger partial charge in [0.2, 0.25) is 0 Å². The first kappa shape index (κ1) is 15.8. The van der Waals surface area contributed by atoms with Crippen LogP contribution in [0.4, 0.5) is 0 Å². The number of ether oxygens (including phenoxy) is 2. The molecule has 21 heavy (non-hydrogen) atoms. The molecule has 0 spiro atoms. The number of nitriles is 1. The van der Waals surface area contributed by atoms with E-state index < -0.39 is 0 Å². The smallest absolute Gasteiger partial charge is 0.139 e. The van der Waals surface area contributed by atoms with E-state index >= 15 is 0 Å². The lowest BCUT2D eigenvalue weighted by molar-refractivity contribution is 0.306. The lowest BCUT2D eigenvalue weighted by Gasteiger charge is -2.10. The van der Waals surface area contributed by atoms with Gasteiger partial charge in [-0.05, 0) is 23.8 Å². The number of rotatable bonds is 4. The molecule has 6 heteroatoms. The van der Waals surface area contributed by atoms with E-state index in [0.29, 0.717) is 32.1 Å². The van der Waals surface area contributed by atoms with Crippen molar-refractivity contribution in [3.63, 3.8) is 0 Å². The summed E-state index contributed by atoms with van der Waals surface area (Å²) < 4.78 is 10.7. The average Bonchev–Trinajstić information content (AvgIpc) is 2.49. The van der Waals surface area contributed by atoms with E-state index in [2.05, 4.69) is 6.07 Å². The highest BCUT2D eigenvalue weighted by atomic mass is 35.5. The highest BCUT2D eigenvalue weighted by Gasteiger charge is 2.09. The van der Waals surface area contributed by atoms with Gasteiger partial charge < -0.3 is 9.47 Å². The van der Waals surface area contributed by atoms with Crippen molar-refractivity contribution in [1.29, 1.82) is 5.26 Å². The number of hydrogen-bond donors (Lipinski definition) is 0. The zero-order valence-electron chi connectivity index (χ0n) is 11.0. The fourth-order valence-corrected chi connectivity index (χ4v) is 2.30.